The fourth-order valence-electron chi connectivity index (χ4n) is 6.41. The first-order valence-electron chi connectivity index (χ1n) is 18.7. The van der Waals surface area contributed by atoms with E-state index in [0.29, 0.717) is 13.2 Å². The second-order valence-corrected chi connectivity index (χ2v) is 27.0. The van der Waals surface area contributed by atoms with Crippen molar-refractivity contribution < 1.29 is 23.1 Å². The van der Waals surface area contributed by atoms with E-state index < -0.39 is 16.6 Å². The highest BCUT2D eigenvalue weighted by molar-refractivity contribution is 6.75. The smallest absolute Gasteiger partial charge is 0.250 e. The minimum atomic E-state index is -2.05. The van der Waals surface area contributed by atoms with Gasteiger partial charge in [-0.25, -0.2) is 0 Å². The molecule has 6 rings (SSSR count). The Balaban J connectivity index is 1.37. The Labute approximate surface area is 309 Å². The second-order valence-electron chi connectivity index (χ2n) is 17.6. The van der Waals surface area contributed by atoms with Crippen LogP contribution in [0, 0.1) is 0 Å². The van der Waals surface area contributed by atoms with Gasteiger partial charge in [0.15, 0.2) is 6.10 Å². The van der Waals surface area contributed by atoms with Crippen molar-refractivity contribution in [2.45, 2.75) is 90.3 Å². The molecule has 0 radical (unpaired) electrons. The monoisotopic (exact) mass is 728 g/mol. The van der Waals surface area contributed by atoms with Gasteiger partial charge in [-0.1, -0.05) is 53.7 Å². The normalized spacial score (nSPS) is 18.8. The first-order valence-corrected chi connectivity index (χ1v) is 24.6. The molecule has 1 fully saturated rings. The molecule has 0 aliphatic carbocycles. The summed E-state index contributed by atoms with van der Waals surface area (Å²) in [5.74, 6) is 4.27. The molecule has 9 heteroatoms. The van der Waals surface area contributed by atoms with E-state index in [2.05, 4.69) is 145 Å². The molecule has 3 aliphatic rings. The van der Waals surface area contributed by atoms with Gasteiger partial charge in [-0.05, 0) is 85.3 Å². The first-order chi connectivity index (χ1) is 23.9. The van der Waals surface area contributed by atoms with E-state index in [9.17, 15) is 0 Å². The Morgan fingerprint density at radius 2 is 1.33 bits per heavy atom. The first kappa shape index (κ1) is 37.5. The number of piperazine rings is 1. The number of nitrogens with zero attached hydrogens (tertiary/aromatic N) is 2. The van der Waals surface area contributed by atoms with Crippen molar-refractivity contribution in [3.05, 3.63) is 77.4 Å². The van der Waals surface area contributed by atoms with E-state index in [1.807, 2.05) is 0 Å². The number of ether oxygens (including phenoxy) is 3. The topological polar surface area (TPSA) is 52.6 Å². The summed E-state index contributed by atoms with van der Waals surface area (Å²) in [4.78, 5) is 4.87. The molecule has 0 spiro atoms. The molecule has 0 N–H and O–H groups in total. The van der Waals surface area contributed by atoms with Crippen LogP contribution in [-0.4, -0.2) is 79.4 Å². The highest BCUT2D eigenvalue weighted by atomic mass is 28.4. The third-order valence-electron chi connectivity index (χ3n) is 11.8. The summed E-state index contributed by atoms with van der Waals surface area (Å²) < 4.78 is 33.5. The van der Waals surface area contributed by atoms with Crippen molar-refractivity contribution in [1.29, 1.82) is 0 Å². The summed E-state index contributed by atoms with van der Waals surface area (Å²) in [6.07, 6.45) is 0.406. The summed E-state index contributed by atoms with van der Waals surface area (Å²) >= 11 is 0. The van der Waals surface area contributed by atoms with Gasteiger partial charge in [0.1, 0.15) is 35.4 Å². The Bertz CT molecular complexity index is 1750. The standard InChI is InChI=1S/C42H60N2O5Si2/c1-41(2,3)50(8,9)48-32-16-18-36-37(28-32)46-25-19-35-34-17-15-33(49-51(10,11)42(4,5)6)29-38(34)47-40(39(35)36)30-13-12-14-31(27-30)45-26-24-44-22-20-43(7)21-23-44/h12-18,27-29,40H,19-26H2,1-11H3/t40-/m1/s1. The van der Waals surface area contributed by atoms with Crippen LogP contribution in [0.25, 0.3) is 11.1 Å². The maximum absolute atomic E-state index is 7.09. The van der Waals surface area contributed by atoms with Gasteiger partial charge >= 0.3 is 0 Å². The van der Waals surface area contributed by atoms with Gasteiger partial charge in [-0.3, -0.25) is 4.90 Å². The largest absolute Gasteiger partial charge is 0.543 e. The van der Waals surface area contributed by atoms with Crippen molar-refractivity contribution in [2.75, 3.05) is 53.0 Å². The Morgan fingerprint density at radius 1 is 0.725 bits per heavy atom. The van der Waals surface area contributed by atoms with Crippen LogP contribution >= 0.6 is 0 Å². The van der Waals surface area contributed by atoms with Gasteiger partial charge in [-0.15, -0.1) is 0 Å². The number of rotatable bonds is 9. The lowest BCUT2D eigenvalue weighted by atomic mass is 9.84. The quantitative estimate of drug-likeness (QED) is 0.203. The van der Waals surface area contributed by atoms with Crippen molar-refractivity contribution in [2.24, 2.45) is 0 Å². The van der Waals surface area contributed by atoms with E-state index >= 15 is 0 Å². The summed E-state index contributed by atoms with van der Waals surface area (Å²) in [6.45, 7) is 29.3. The fourth-order valence-corrected chi connectivity index (χ4v) is 8.45. The molecular formula is C42H60N2O5Si2. The van der Waals surface area contributed by atoms with Crippen molar-refractivity contribution in [1.82, 2.24) is 9.80 Å². The van der Waals surface area contributed by atoms with Crippen LogP contribution in [0.2, 0.25) is 36.3 Å². The zero-order valence-electron chi connectivity index (χ0n) is 32.9. The van der Waals surface area contributed by atoms with Gasteiger partial charge < -0.3 is 28.0 Å². The van der Waals surface area contributed by atoms with Crippen LogP contribution in [0.15, 0.2) is 60.7 Å². The van der Waals surface area contributed by atoms with Gasteiger partial charge in [0, 0.05) is 73.5 Å². The molecule has 1 atom stereocenters. The van der Waals surface area contributed by atoms with Crippen LogP contribution in [0.1, 0.15) is 70.8 Å². The molecule has 0 amide bonds. The SMILES string of the molecule is CN1CCN(CCOc2cccc([C@H]3Oc4cc(O[Si](C)(C)C(C)(C)C)ccc4C4=C3c3ccc(O[Si](C)(C)C(C)(C)C)cc3OCC4)c2)CC1. The lowest BCUT2D eigenvalue weighted by Crippen LogP contribution is -2.45. The molecular weight excluding hydrogens is 669 g/mol. The number of fused-ring (bicyclic) bond motifs is 4. The van der Waals surface area contributed by atoms with E-state index in [-0.39, 0.29) is 16.2 Å². The van der Waals surface area contributed by atoms with Crippen molar-refractivity contribution >= 4 is 27.8 Å². The molecule has 7 nitrogen and oxygen atoms in total. The molecule has 51 heavy (non-hydrogen) atoms. The van der Waals surface area contributed by atoms with Crippen LogP contribution < -0.4 is 23.1 Å². The van der Waals surface area contributed by atoms with Crippen LogP contribution in [-0.2, 0) is 0 Å². The van der Waals surface area contributed by atoms with Gasteiger partial charge in [0.25, 0.3) is 0 Å². The van der Waals surface area contributed by atoms with Gasteiger partial charge in [0.05, 0.1) is 6.61 Å². The fraction of sp³-hybridized carbons (Fsp3) is 0.524. The summed E-state index contributed by atoms with van der Waals surface area (Å²) in [7, 11) is -1.90. The zero-order chi connectivity index (χ0) is 36.8. The molecule has 3 aliphatic heterocycles. The Kier molecular flexibility index (Phi) is 10.5. The van der Waals surface area contributed by atoms with Crippen molar-refractivity contribution in [3.8, 4) is 28.7 Å². The third-order valence-corrected chi connectivity index (χ3v) is 20.5. The molecule has 0 saturated carbocycles. The average molecular weight is 729 g/mol. The van der Waals surface area contributed by atoms with Crippen LogP contribution in [0.5, 0.6) is 28.7 Å². The van der Waals surface area contributed by atoms with E-state index in [1.165, 1.54) is 5.57 Å². The van der Waals surface area contributed by atoms with E-state index in [1.54, 1.807) is 0 Å². The third kappa shape index (κ3) is 8.22. The highest BCUT2D eigenvalue weighted by Gasteiger charge is 2.41. The molecule has 3 heterocycles. The molecule has 0 aromatic heterocycles. The summed E-state index contributed by atoms with van der Waals surface area (Å²) in [6, 6.07) is 21.2. The molecule has 0 bridgehead atoms. The minimum Gasteiger partial charge on any atom is -0.543 e. The van der Waals surface area contributed by atoms with Crippen molar-refractivity contribution in [3.63, 3.8) is 0 Å². The lowest BCUT2D eigenvalue weighted by molar-refractivity contribution is 0.133. The maximum atomic E-state index is 7.09. The predicted molar refractivity (Wildman–Crippen MR) is 215 cm³/mol. The second kappa shape index (κ2) is 14.3. The van der Waals surface area contributed by atoms with Crippen LogP contribution in [0.4, 0.5) is 0 Å². The lowest BCUT2D eigenvalue weighted by Gasteiger charge is -2.37. The number of benzene rings is 3. The number of hydrogen-bond donors (Lipinski definition) is 0. The number of likely N-dealkylation sites (N-methyl/N-ethyl adjacent to an activating group) is 1. The highest BCUT2D eigenvalue weighted by Crippen LogP contribution is 2.53. The Hall–Kier alpha value is -3.25. The molecule has 276 valence electrons. The molecule has 3 aromatic rings. The molecule has 1 saturated heterocycles. The van der Waals surface area contributed by atoms with Gasteiger partial charge in [-0.2, -0.15) is 0 Å². The maximum Gasteiger partial charge on any atom is 0.250 e. The summed E-state index contributed by atoms with van der Waals surface area (Å²) in [5.41, 5.74) is 5.58. The van der Waals surface area contributed by atoms with E-state index in [4.69, 9.17) is 23.1 Å². The number of hydrogen-bond acceptors (Lipinski definition) is 7. The Morgan fingerprint density at radius 3 is 1.96 bits per heavy atom. The molecule has 0 unspecified atom stereocenters. The molecule has 3 aromatic carbocycles. The van der Waals surface area contributed by atoms with E-state index in [0.717, 1.165) is 90.2 Å². The minimum absolute atomic E-state index is 0.0856. The zero-order valence-corrected chi connectivity index (χ0v) is 34.9. The van der Waals surface area contributed by atoms with Gasteiger partial charge in [0.2, 0.25) is 16.6 Å². The average Bonchev–Trinajstić information content (AvgIpc) is 3.23. The van der Waals surface area contributed by atoms with Crippen LogP contribution in [0.3, 0.4) is 0 Å². The predicted octanol–water partition coefficient (Wildman–Crippen LogP) is 9.91. The summed E-state index contributed by atoms with van der Waals surface area (Å²) in [5, 5.41) is 0.176.